The van der Waals surface area contributed by atoms with Crippen LogP contribution in [0.3, 0.4) is 0 Å². The van der Waals surface area contributed by atoms with Crippen LogP contribution >= 0.6 is 23.1 Å². The van der Waals surface area contributed by atoms with Gasteiger partial charge in [-0.1, -0.05) is 6.07 Å². The molecule has 0 aliphatic heterocycles. The lowest BCUT2D eigenvalue weighted by atomic mass is 10.2. The molecule has 4 nitrogen and oxygen atoms in total. The second kappa shape index (κ2) is 6.72. The number of hydrogen-bond donors (Lipinski definition) is 2. The number of hydrogen-bond acceptors (Lipinski definition) is 6. The first kappa shape index (κ1) is 13.3. The summed E-state index contributed by atoms with van der Waals surface area (Å²) in [7, 11) is 0. The van der Waals surface area contributed by atoms with Crippen molar-refractivity contribution >= 4 is 28.9 Å². The van der Waals surface area contributed by atoms with Crippen LogP contribution in [0.15, 0.2) is 34.7 Å². The van der Waals surface area contributed by atoms with Gasteiger partial charge in [-0.2, -0.15) is 0 Å². The predicted molar refractivity (Wildman–Crippen MR) is 76.2 cm³/mol. The predicted octanol–water partition coefficient (Wildman–Crippen LogP) is 2.80. The van der Waals surface area contributed by atoms with Crippen molar-refractivity contribution in [3.63, 3.8) is 0 Å². The summed E-state index contributed by atoms with van der Waals surface area (Å²) >= 11 is 3.24. The first-order chi connectivity index (χ1) is 8.83. The Morgan fingerprint density at radius 1 is 1.39 bits per heavy atom. The summed E-state index contributed by atoms with van der Waals surface area (Å²) in [6, 6.07) is 8.00. The molecule has 2 N–H and O–H groups in total. The zero-order valence-electron chi connectivity index (χ0n) is 10.0. The minimum atomic E-state index is 0.0874. The summed E-state index contributed by atoms with van der Waals surface area (Å²) in [4.78, 5) is 1.19. The zero-order valence-corrected chi connectivity index (χ0v) is 11.7. The van der Waals surface area contributed by atoms with Gasteiger partial charge in [-0.3, -0.25) is 0 Å². The number of nitrogens with one attached hydrogen (secondary N) is 1. The molecule has 0 aliphatic carbocycles. The molecular weight excluding hydrogens is 266 g/mol. The molecule has 18 heavy (non-hydrogen) atoms. The molecule has 0 bridgehead atoms. The minimum absolute atomic E-state index is 0.0874. The molecule has 0 radical (unpaired) electrons. The summed E-state index contributed by atoms with van der Waals surface area (Å²) in [5, 5.41) is 23.6. The fraction of sp³-hybridized carbons (Fsp3) is 0.333. The number of aromatic nitrogens is 2. The van der Waals surface area contributed by atoms with E-state index in [4.69, 9.17) is 5.11 Å². The number of anilines is 1. The normalized spacial score (nSPS) is 12.3. The van der Waals surface area contributed by atoms with Gasteiger partial charge in [0.2, 0.25) is 0 Å². The van der Waals surface area contributed by atoms with Crippen molar-refractivity contribution in [3.8, 4) is 0 Å². The number of rotatable bonds is 6. The van der Waals surface area contributed by atoms with Gasteiger partial charge in [-0.25, -0.2) is 0 Å². The molecule has 2 aromatic rings. The monoisotopic (exact) mass is 281 g/mol. The highest BCUT2D eigenvalue weighted by Crippen LogP contribution is 2.25. The Bertz CT molecular complexity index is 459. The van der Waals surface area contributed by atoms with Crippen molar-refractivity contribution in [2.24, 2.45) is 0 Å². The third-order valence-electron chi connectivity index (χ3n) is 2.48. The highest BCUT2D eigenvalue weighted by Gasteiger charge is 2.12. The Labute approximate surface area is 114 Å². The van der Waals surface area contributed by atoms with Crippen molar-refractivity contribution in [2.75, 3.05) is 18.2 Å². The van der Waals surface area contributed by atoms with Crippen LogP contribution in [0.25, 0.3) is 0 Å². The molecule has 2 rings (SSSR count). The Morgan fingerprint density at radius 2 is 2.28 bits per heavy atom. The van der Waals surface area contributed by atoms with E-state index in [2.05, 4.69) is 21.6 Å². The molecule has 0 saturated carbocycles. The lowest BCUT2D eigenvalue weighted by molar-refractivity contribution is 0.280. The molecule has 0 fully saturated rings. The molecule has 2 heterocycles. The van der Waals surface area contributed by atoms with E-state index in [0.717, 1.165) is 10.8 Å². The van der Waals surface area contributed by atoms with Crippen LogP contribution in [0.2, 0.25) is 0 Å². The fourth-order valence-electron chi connectivity index (χ4n) is 1.59. The first-order valence-corrected chi connectivity index (χ1v) is 7.72. The number of thiophene rings is 1. The van der Waals surface area contributed by atoms with E-state index in [0.29, 0.717) is 6.42 Å². The van der Waals surface area contributed by atoms with Gasteiger partial charge < -0.3 is 10.4 Å². The lowest BCUT2D eigenvalue weighted by Crippen LogP contribution is -2.12. The highest BCUT2D eigenvalue weighted by molar-refractivity contribution is 7.98. The topological polar surface area (TPSA) is 58.0 Å². The molecule has 0 aromatic carbocycles. The number of nitrogens with zero attached hydrogens (tertiary/aromatic N) is 2. The first-order valence-electron chi connectivity index (χ1n) is 5.62. The lowest BCUT2D eigenvalue weighted by Gasteiger charge is -2.16. The van der Waals surface area contributed by atoms with Crippen molar-refractivity contribution in [3.05, 3.63) is 34.5 Å². The second-order valence-corrected chi connectivity index (χ2v) is 5.49. The maximum absolute atomic E-state index is 9.12. The Kier molecular flexibility index (Phi) is 4.98. The molecule has 0 saturated heterocycles. The number of thioether (sulfide) groups is 1. The fourth-order valence-corrected chi connectivity index (χ4v) is 2.73. The summed E-state index contributed by atoms with van der Waals surface area (Å²) in [6.07, 6.45) is 2.63. The van der Waals surface area contributed by atoms with E-state index in [1.807, 2.05) is 29.8 Å². The molecule has 0 spiro atoms. The Morgan fingerprint density at radius 3 is 2.83 bits per heavy atom. The van der Waals surface area contributed by atoms with Crippen LogP contribution in [-0.4, -0.2) is 28.2 Å². The Balaban J connectivity index is 2.08. The second-order valence-electron chi connectivity index (χ2n) is 3.69. The maximum Gasteiger partial charge on any atom is 0.149 e. The van der Waals surface area contributed by atoms with Gasteiger partial charge in [0, 0.05) is 11.5 Å². The van der Waals surface area contributed by atoms with Gasteiger partial charge in [0.1, 0.15) is 10.8 Å². The van der Waals surface area contributed by atoms with E-state index < -0.39 is 0 Å². The molecule has 96 valence electrons. The van der Waals surface area contributed by atoms with Crippen LogP contribution in [0.1, 0.15) is 17.3 Å². The summed E-state index contributed by atoms with van der Waals surface area (Å²) in [5.74, 6) is 0.736. The van der Waals surface area contributed by atoms with Crippen LogP contribution in [0.4, 0.5) is 5.82 Å². The molecule has 2 aromatic heterocycles. The SMILES string of the molecule is CSc1ccc(NC(CCO)c2cccs2)nn1. The van der Waals surface area contributed by atoms with Crippen molar-refractivity contribution in [1.29, 1.82) is 0 Å². The van der Waals surface area contributed by atoms with Crippen molar-refractivity contribution < 1.29 is 5.11 Å². The summed E-state index contributed by atoms with van der Waals surface area (Å²) < 4.78 is 0. The van der Waals surface area contributed by atoms with E-state index in [1.165, 1.54) is 4.88 Å². The van der Waals surface area contributed by atoms with Gasteiger partial charge in [0.15, 0.2) is 0 Å². The molecule has 0 amide bonds. The minimum Gasteiger partial charge on any atom is -0.396 e. The molecular formula is C12H15N3OS2. The smallest absolute Gasteiger partial charge is 0.149 e. The summed E-state index contributed by atoms with van der Waals surface area (Å²) in [5.41, 5.74) is 0. The van der Waals surface area contributed by atoms with Gasteiger partial charge >= 0.3 is 0 Å². The summed E-state index contributed by atoms with van der Waals surface area (Å²) in [6.45, 7) is 0.145. The maximum atomic E-state index is 9.12. The Hall–Kier alpha value is -1.11. The van der Waals surface area contributed by atoms with Crippen LogP contribution in [0.5, 0.6) is 0 Å². The highest BCUT2D eigenvalue weighted by atomic mass is 32.2. The largest absolute Gasteiger partial charge is 0.396 e. The van der Waals surface area contributed by atoms with Gasteiger partial charge in [0.25, 0.3) is 0 Å². The van der Waals surface area contributed by atoms with Crippen molar-refractivity contribution in [2.45, 2.75) is 17.5 Å². The molecule has 1 atom stereocenters. The van der Waals surface area contributed by atoms with Crippen LogP contribution in [0, 0.1) is 0 Å². The van der Waals surface area contributed by atoms with Gasteiger partial charge in [-0.05, 0) is 36.3 Å². The van der Waals surface area contributed by atoms with E-state index in [-0.39, 0.29) is 12.6 Å². The van der Waals surface area contributed by atoms with E-state index >= 15 is 0 Å². The van der Waals surface area contributed by atoms with Crippen LogP contribution < -0.4 is 5.32 Å². The average Bonchev–Trinajstić information content (AvgIpc) is 2.93. The van der Waals surface area contributed by atoms with Crippen LogP contribution in [-0.2, 0) is 0 Å². The van der Waals surface area contributed by atoms with E-state index in [1.54, 1.807) is 23.1 Å². The molecule has 0 aliphatic rings. The third kappa shape index (κ3) is 3.44. The van der Waals surface area contributed by atoms with Gasteiger partial charge in [-0.15, -0.1) is 33.3 Å². The third-order valence-corrected chi connectivity index (χ3v) is 4.10. The molecule has 6 heteroatoms. The number of aliphatic hydroxyl groups excluding tert-OH is 1. The van der Waals surface area contributed by atoms with Gasteiger partial charge in [0.05, 0.1) is 6.04 Å². The zero-order chi connectivity index (χ0) is 12.8. The standard InChI is InChI=1S/C12H15N3OS2/c1-17-12-5-4-11(14-15-12)13-9(6-7-16)10-3-2-8-18-10/h2-5,8-9,16H,6-7H2,1H3,(H,13,14). The quantitative estimate of drug-likeness (QED) is 0.797. The average molecular weight is 281 g/mol. The van der Waals surface area contributed by atoms with Crippen molar-refractivity contribution in [1.82, 2.24) is 10.2 Å². The molecule has 1 unspecified atom stereocenters. The van der Waals surface area contributed by atoms with E-state index in [9.17, 15) is 0 Å². The number of aliphatic hydroxyl groups is 1.